The van der Waals surface area contributed by atoms with Gasteiger partial charge in [-0.25, -0.2) is 0 Å². The van der Waals surface area contributed by atoms with Crippen molar-refractivity contribution < 1.29 is 9.53 Å². The number of rotatable bonds is 7. The Morgan fingerprint density at radius 2 is 1.92 bits per heavy atom. The van der Waals surface area contributed by atoms with E-state index in [1.54, 1.807) is 18.2 Å². The summed E-state index contributed by atoms with van der Waals surface area (Å²) in [5.41, 5.74) is 10.2. The monoisotopic (exact) mass is 349 g/mol. The van der Waals surface area contributed by atoms with Gasteiger partial charge in [0.15, 0.2) is 5.84 Å². The molecule has 0 heterocycles. The van der Waals surface area contributed by atoms with E-state index in [9.17, 15) is 4.79 Å². The third-order valence-electron chi connectivity index (χ3n) is 3.74. The van der Waals surface area contributed by atoms with Crippen molar-refractivity contribution in [3.63, 3.8) is 0 Å². The number of methoxy groups -OCH3 is 1. The van der Waals surface area contributed by atoms with E-state index in [1.807, 2.05) is 42.5 Å². The lowest BCUT2D eigenvalue weighted by atomic mass is 9.92. The van der Waals surface area contributed by atoms with E-state index < -0.39 is 5.84 Å². The van der Waals surface area contributed by atoms with Gasteiger partial charge in [0.25, 0.3) is 0 Å². The van der Waals surface area contributed by atoms with E-state index >= 15 is 0 Å². The molecule has 7 nitrogen and oxygen atoms in total. The summed E-state index contributed by atoms with van der Waals surface area (Å²) in [7, 11) is 1.38. The Hall–Kier alpha value is -3.66. The van der Waals surface area contributed by atoms with Gasteiger partial charge in [0, 0.05) is 0 Å². The molecule has 1 unspecified atom stereocenters. The molecule has 4 N–H and O–H groups in total. The predicted octanol–water partition coefficient (Wildman–Crippen LogP) is 2.41. The molecule has 0 amide bonds. The number of anilines is 1. The number of esters is 1. The average Bonchev–Trinajstić information content (AvgIpc) is 2.67. The molecule has 0 bridgehead atoms. The zero-order valence-corrected chi connectivity index (χ0v) is 14.3. The molecule has 0 radical (unpaired) electrons. The second kappa shape index (κ2) is 8.99. The molecule has 0 fully saturated rings. The SMILES string of the molecule is COC(=O)C(Cc1ccc(N/N=C(\C#N)C(=N)N)cc1)c1ccccc1. The molecule has 26 heavy (non-hydrogen) atoms. The molecule has 1 atom stereocenters. The summed E-state index contributed by atoms with van der Waals surface area (Å²) in [5, 5.41) is 19.8. The van der Waals surface area contributed by atoms with Gasteiger partial charge in [-0.3, -0.25) is 15.6 Å². The Kier molecular flexibility index (Phi) is 6.46. The summed E-state index contributed by atoms with van der Waals surface area (Å²) in [6, 6.07) is 18.5. The van der Waals surface area contributed by atoms with Gasteiger partial charge in [-0.2, -0.15) is 10.4 Å². The molecular formula is C19H19N5O2. The molecule has 132 valence electrons. The Labute approximate surface area is 151 Å². The first-order valence-electron chi connectivity index (χ1n) is 7.85. The number of carbonyl (C=O) groups excluding carboxylic acids is 1. The number of nitrogens with one attached hydrogen (secondary N) is 2. The summed E-state index contributed by atoms with van der Waals surface area (Å²) in [5.74, 6) is -1.08. The van der Waals surface area contributed by atoms with Gasteiger partial charge in [0.1, 0.15) is 6.07 Å². The normalized spacial score (nSPS) is 11.9. The molecule has 0 spiro atoms. The molecule has 0 saturated heterocycles. The molecule has 0 aliphatic rings. The van der Waals surface area contributed by atoms with Gasteiger partial charge in [-0.1, -0.05) is 42.5 Å². The second-order valence-corrected chi connectivity index (χ2v) is 5.49. The largest absolute Gasteiger partial charge is 0.469 e. The first kappa shape index (κ1) is 18.7. The number of amidine groups is 1. The van der Waals surface area contributed by atoms with Crippen LogP contribution < -0.4 is 11.2 Å². The zero-order valence-electron chi connectivity index (χ0n) is 14.3. The molecule has 0 aromatic heterocycles. The van der Waals surface area contributed by atoms with Gasteiger partial charge >= 0.3 is 5.97 Å². The minimum atomic E-state index is -0.402. The smallest absolute Gasteiger partial charge is 0.313 e. The summed E-state index contributed by atoms with van der Waals surface area (Å²) in [4.78, 5) is 12.1. The van der Waals surface area contributed by atoms with Crippen molar-refractivity contribution in [2.24, 2.45) is 10.8 Å². The van der Waals surface area contributed by atoms with Crippen molar-refractivity contribution in [1.29, 1.82) is 10.7 Å². The highest BCUT2D eigenvalue weighted by Crippen LogP contribution is 2.23. The number of benzene rings is 2. The number of hydrogen-bond acceptors (Lipinski definition) is 6. The number of hydrogen-bond donors (Lipinski definition) is 3. The van der Waals surface area contributed by atoms with Crippen molar-refractivity contribution in [3.8, 4) is 6.07 Å². The van der Waals surface area contributed by atoms with Crippen LogP contribution in [-0.2, 0) is 16.0 Å². The van der Waals surface area contributed by atoms with Crippen molar-refractivity contribution in [2.45, 2.75) is 12.3 Å². The van der Waals surface area contributed by atoms with Crippen LogP contribution in [0.15, 0.2) is 59.7 Å². The van der Waals surface area contributed by atoms with Crippen molar-refractivity contribution >= 4 is 23.2 Å². The van der Waals surface area contributed by atoms with Crippen LogP contribution in [-0.4, -0.2) is 24.6 Å². The van der Waals surface area contributed by atoms with Crippen molar-refractivity contribution in [3.05, 3.63) is 65.7 Å². The molecule has 2 aromatic rings. The lowest BCUT2D eigenvalue weighted by Crippen LogP contribution is -2.21. The van der Waals surface area contributed by atoms with Crippen molar-refractivity contribution in [2.75, 3.05) is 12.5 Å². The Bertz CT molecular complexity index is 838. The molecule has 0 saturated carbocycles. The summed E-state index contributed by atoms with van der Waals surface area (Å²) < 4.78 is 4.93. The Balaban J connectivity index is 2.13. The van der Waals surface area contributed by atoms with E-state index in [-0.39, 0.29) is 17.6 Å². The minimum absolute atomic E-state index is 0.191. The topological polar surface area (TPSA) is 124 Å². The van der Waals surface area contributed by atoms with Gasteiger partial charge in [-0.15, -0.1) is 0 Å². The summed E-state index contributed by atoms with van der Waals surface area (Å²) >= 11 is 0. The molecule has 0 aliphatic heterocycles. The van der Waals surface area contributed by atoms with Gasteiger partial charge in [0.05, 0.1) is 18.7 Å². The molecule has 2 rings (SSSR count). The van der Waals surface area contributed by atoms with Gasteiger partial charge in [-0.05, 0) is 29.7 Å². The van der Waals surface area contributed by atoms with Crippen LogP contribution >= 0.6 is 0 Å². The van der Waals surface area contributed by atoms with Gasteiger partial charge < -0.3 is 10.5 Å². The van der Waals surface area contributed by atoms with E-state index in [1.165, 1.54) is 7.11 Å². The molecule has 0 aliphatic carbocycles. The maximum absolute atomic E-state index is 12.1. The van der Waals surface area contributed by atoms with Crippen LogP contribution in [0.2, 0.25) is 0 Å². The maximum atomic E-state index is 12.1. The first-order chi connectivity index (χ1) is 12.5. The molecule has 2 aromatic carbocycles. The van der Waals surface area contributed by atoms with Crippen LogP contribution in [0, 0.1) is 16.7 Å². The number of nitrogens with two attached hydrogens (primary N) is 1. The van der Waals surface area contributed by atoms with Gasteiger partial charge in [0.2, 0.25) is 5.71 Å². The predicted molar refractivity (Wildman–Crippen MR) is 99.9 cm³/mol. The highest BCUT2D eigenvalue weighted by molar-refractivity contribution is 6.45. The number of ether oxygens (including phenoxy) is 1. The number of nitrogens with zero attached hydrogens (tertiary/aromatic N) is 2. The standard InChI is InChI=1S/C19H19N5O2/c1-26-19(25)16(14-5-3-2-4-6-14)11-13-7-9-15(10-8-13)23-24-17(12-20)18(21)22/h2-10,16,23H,11H2,1H3,(H3,21,22)/b24-17+. The van der Waals surface area contributed by atoms with E-state index in [0.717, 1.165) is 11.1 Å². The molecular weight excluding hydrogens is 330 g/mol. The maximum Gasteiger partial charge on any atom is 0.313 e. The fourth-order valence-corrected chi connectivity index (χ4v) is 2.38. The fraction of sp³-hybridized carbons (Fsp3) is 0.158. The second-order valence-electron chi connectivity index (χ2n) is 5.49. The molecule has 7 heteroatoms. The highest BCUT2D eigenvalue weighted by atomic mass is 16.5. The summed E-state index contributed by atoms with van der Waals surface area (Å²) in [6.45, 7) is 0. The zero-order chi connectivity index (χ0) is 18.9. The van der Waals surface area contributed by atoms with E-state index in [4.69, 9.17) is 21.1 Å². The summed E-state index contributed by atoms with van der Waals surface area (Å²) in [6.07, 6.45) is 0.497. The first-order valence-corrected chi connectivity index (χ1v) is 7.85. The Morgan fingerprint density at radius 3 is 2.46 bits per heavy atom. The number of carbonyl (C=O) groups is 1. The lowest BCUT2D eigenvalue weighted by Gasteiger charge is -2.15. The van der Waals surface area contributed by atoms with Crippen LogP contribution in [0.1, 0.15) is 17.0 Å². The van der Waals surface area contributed by atoms with E-state index in [0.29, 0.717) is 12.1 Å². The quantitative estimate of drug-likeness (QED) is 0.306. The lowest BCUT2D eigenvalue weighted by molar-refractivity contribution is -0.142. The third-order valence-corrected chi connectivity index (χ3v) is 3.74. The third kappa shape index (κ3) is 4.92. The Morgan fingerprint density at radius 1 is 1.27 bits per heavy atom. The minimum Gasteiger partial charge on any atom is -0.469 e. The number of nitriles is 1. The van der Waals surface area contributed by atoms with Crippen molar-refractivity contribution in [1.82, 2.24) is 0 Å². The van der Waals surface area contributed by atoms with Crippen LogP contribution in [0.4, 0.5) is 5.69 Å². The average molecular weight is 349 g/mol. The van der Waals surface area contributed by atoms with Crippen LogP contribution in [0.25, 0.3) is 0 Å². The van der Waals surface area contributed by atoms with Crippen LogP contribution in [0.5, 0.6) is 0 Å². The van der Waals surface area contributed by atoms with Crippen LogP contribution in [0.3, 0.4) is 0 Å². The fourth-order valence-electron chi connectivity index (χ4n) is 2.38. The van der Waals surface area contributed by atoms with E-state index in [2.05, 4.69) is 10.5 Å². The highest BCUT2D eigenvalue weighted by Gasteiger charge is 2.21. The number of hydrazone groups is 1.